The molecule has 1 amide bonds. The fourth-order valence-corrected chi connectivity index (χ4v) is 3.06. The third-order valence-corrected chi connectivity index (χ3v) is 4.23. The van der Waals surface area contributed by atoms with E-state index in [0.29, 0.717) is 0 Å². The molecule has 0 aliphatic rings. The van der Waals surface area contributed by atoms with Gasteiger partial charge in [-0.1, -0.05) is 42.5 Å². The van der Waals surface area contributed by atoms with Crippen LogP contribution >= 0.6 is 0 Å². The van der Waals surface area contributed by atoms with Gasteiger partial charge in [0.25, 0.3) is 5.91 Å². The molecule has 134 valence electrons. The van der Waals surface area contributed by atoms with Gasteiger partial charge in [0.05, 0.1) is 0 Å². The summed E-state index contributed by atoms with van der Waals surface area (Å²) in [4.78, 5) is 13.2. The van der Waals surface area contributed by atoms with E-state index in [1.807, 2.05) is 12.1 Å². The van der Waals surface area contributed by atoms with Gasteiger partial charge in [-0.2, -0.15) is 0 Å². The van der Waals surface area contributed by atoms with Gasteiger partial charge in [-0.05, 0) is 42.9 Å². The molecule has 2 N–H and O–H groups in total. The summed E-state index contributed by atoms with van der Waals surface area (Å²) < 4.78 is 2.28. The number of hydroxylamine groups is 1. The molecule has 3 aromatic rings. The van der Waals surface area contributed by atoms with Crippen molar-refractivity contribution >= 4 is 22.9 Å². The average Bonchev–Trinajstić information content (AvgIpc) is 2.98. The first-order valence-electron chi connectivity index (χ1n) is 8.49. The minimum Gasteiger partial charge on any atom is -0.343 e. The maximum Gasteiger partial charge on any atom is 0.267 e. The summed E-state index contributed by atoms with van der Waals surface area (Å²) in [5.74, 6) is -0.540. The number of carbonyl (C=O) groups is 1. The molecule has 0 fully saturated rings. The lowest BCUT2D eigenvalue weighted by atomic mass is 10.1. The summed E-state index contributed by atoms with van der Waals surface area (Å²) in [6, 6.07) is 16.5. The Morgan fingerprint density at radius 3 is 2.58 bits per heavy atom. The normalized spacial score (nSPS) is 11.5. The fourth-order valence-electron chi connectivity index (χ4n) is 3.06. The first-order chi connectivity index (χ1) is 12.6. The summed E-state index contributed by atoms with van der Waals surface area (Å²) in [6.07, 6.45) is 5.18. The monoisotopic (exact) mass is 349 g/mol. The molecular formula is C21H23N3O2. The maximum absolute atomic E-state index is 11.0. The second kappa shape index (κ2) is 7.99. The van der Waals surface area contributed by atoms with Crippen molar-refractivity contribution in [1.29, 1.82) is 0 Å². The highest BCUT2D eigenvalue weighted by atomic mass is 16.5. The van der Waals surface area contributed by atoms with Gasteiger partial charge >= 0.3 is 0 Å². The highest BCUT2D eigenvalue weighted by Crippen LogP contribution is 2.23. The van der Waals surface area contributed by atoms with Gasteiger partial charge in [0.1, 0.15) is 0 Å². The van der Waals surface area contributed by atoms with Crippen molar-refractivity contribution < 1.29 is 10.0 Å². The number of carbonyl (C=O) groups excluding carboxylic acids is 1. The van der Waals surface area contributed by atoms with Gasteiger partial charge in [-0.15, -0.1) is 0 Å². The van der Waals surface area contributed by atoms with Crippen LogP contribution in [0.3, 0.4) is 0 Å². The Bertz CT molecular complexity index is 924. The van der Waals surface area contributed by atoms with Crippen LogP contribution in [0.15, 0.2) is 60.8 Å². The van der Waals surface area contributed by atoms with Crippen molar-refractivity contribution in [3.05, 3.63) is 77.5 Å². The van der Waals surface area contributed by atoms with Crippen LogP contribution in [0, 0.1) is 0 Å². The van der Waals surface area contributed by atoms with E-state index in [4.69, 9.17) is 5.21 Å². The van der Waals surface area contributed by atoms with Crippen molar-refractivity contribution in [3.63, 3.8) is 0 Å². The van der Waals surface area contributed by atoms with Crippen LogP contribution in [0.1, 0.15) is 16.7 Å². The zero-order chi connectivity index (χ0) is 18.5. The van der Waals surface area contributed by atoms with E-state index in [2.05, 4.69) is 66.2 Å². The van der Waals surface area contributed by atoms with Crippen molar-refractivity contribution in [2.45, 2.75) is 13.1 Å². The number of hydrogen-bond acceptors (Lipinski definition) is 3. The Morgan fingerprint density at radius 1 is 1.15 bits per heavy atom. The van der Waals surface area contributed by atoms with E-state index < -0.39 is 5.91 Å². The van der Waals surface area contributed by atoms with Crippen molar-refractivity contribution in [2.75, 3.05) is 14.1 Å². The SMILES string of the molecule is CN(C)Cc1cn(Cc2ccc(C=CC(=O)NO)cc2)c2ccccc12. The summed E-state index contributed by atoms with van der Waals surface area (Å²) in [6.45, 7) is 1.69. The number of fused-ring (bicyclic) bond motifs is 1. The molecule has 2 aromatic carbocycles. The largest absolute Gasteiger partial charge is 0.343 e. The van der Waals surface area contributed by atoms with Crippen LogP contribution in [-0.4, -0.2) is 34.7 Å². The first kappa shape index (κ1) is 17.9. The molecule has 3 rings (SSSR count). The Balaban J connectivity index is 1.83. The van der Waals surface area contributed by atoms with Gasteiger partial charge in [0, 0.05) is 36.3 Å². The molecule has 0 radical (unpaired) electrons. The van der Waals surface area contributed by atoms with Crippen LogP contribution < -0.4 is 5.48 Å². The van der Waals surface area contributed by atoms with Crippen molar-refractivity contribution in [2.24, 2.45) is 0 Å². The molecule has 5 heteroatoms. The highest BCUT2D eigenvalue weighted by molar-refractivity contribution is 5.90. The molecule has 26 heavy (non-hydrogen) atoms. The highest BCUT2D eigenvalue weighted by Gasteiger charge is 2.09. The van der Waals surface area contributed by atoms with E-state index in [-0.39, 0.29) is 0 Å². The predicted molar refractivity (Wildman–Crippen MR) is 104 cm³/mol. The molecule has 0 spiro atoms. The van der Waals surface area contributed by atoms with E-state index in [0.717, 1.165) is 18.7 Å². The van der Waals surface area contributed by atoms with Crippen molar-refractivity contribution in [1.82, 2.24) is 14.9 Å². The molecule has 5 nitrogen and oxygen atoms in total. The number of benzene rings is 2. The molecular weight excluding hydrogens is 326 g/mol. The summed E-state index contributed by atoms with van der Waals surface area (Å²) in [5, 5.41) is 9.80. The van der Waals surface area contributed by atoms with Crippen LogP contribution in [0.5, 0.6) is 0 Å². The summed E-state index contributed by atoms with van der Waals surface area (Å²) >= 11 is 0. The third-order valence-electron chi connectivity index (χ3n) is 4.23. The van der Waals surface area contributed by atoms with E-state index in [9.17, 15) is 4.79 Å². The molecule has 0 aliphatic carbocycles. The smallest absolute Gasteiger partial charge is 0.267 e. The quantitative estimate of drug-likeness (QED) is 0.408. The Hall–Kier alpha value is -2.89. The lowest BCUT2D eigenvalue weighted by Crippen LogP contribution is -2.14. The number of para-hydroxylation sites is 1. The second-order valence-electron chi connectivity index (χ2n) is 6.59. The predicted octanol–water partition coefficient (Wildman–Crippen LogP) is 3.27. The number of hydrogen-bond donors (Lipinski definition) is 2. The molecule has 0 saturated heterocycles. The van der Waals surface area contributed by atoms with Crippen LogP contribution in [0.4, 0.5) is 0 Å². The number of nitrogens with one attached hydrogen (secondary N) is 1. The molecule has 1 heterocycles. The van der Waals surface area contributed by atoms with Crippen LogP contribution in [-0.2, 0) is 17.9 Å². The zero-order valence-corrected chi connectivity index (χ0v) is 15.0. The van der Waals surface area contributed by atoms with Gasteiger partial charge in [0.2, 0.25) is 0 Å². The summed E-state index contributed by atoms with van der Waals surface area (Å²) in [7, 11) is 4.16. The van der Waals surface area contributed by atoms with Gasteiger partial charge < -0.3 is 9.47 Å². The standard InChI is InChI=1S/C21H23N3O2/c1-23(2)14-18-15-24(20-6-4-3-5-19(18)20)13-17-9-7-16(8-10-17)11-12-21(25)22-26/h3-12,15,26H,13-14H2,1-2H3,(H,22,25). The fraction of sp³-hybridized carbons (Fsp3) is 0.190. The lowest BCUT2D eigenvalue weighted by Gasteiger charge is -2.07. The molecule has 0 bridgehead atoms. The van der Waals surface area contributed by atoms with Crippen LogP contribution in [0.2, 0.25) is 0 Å². The Labute approximate surface area is 153 Å². The number of aromatic nitrogens is 1. The van der Waals surface area contributed by atoms with E-state index in [1.54, 1.807) is 11.6 Å². The number of nitrogens with zero attached hydrogens (tertiary/aromatic N) is 2. The molecule has 1 aromatic heterocycles. The Kier molecular flexibility index (Phi) is 5.51. The maximum atomic E-state index is 11.0. The van der Waals surface area contributed by atoms with Gasteiger partial charge in [-0.3, -0.25) is 10.0 Å². The number of rotatable bonds is 6. The molecule has 0 atom stereocenters. The lowest BCUT2D eigenvalue weighted by molar-refractivity contribution is -0.124. The minimum absolute atomic E-state index is 0.540. The van der Waals surface area contributed by atoms with E-state index in [1.165, 1.54) is 28.1 Å². The third kappa shape index (κ3) is 4.20. The van der Waals surface area contributed by atoms with Gasteiger partial charge in [0.15, 0.2) is 0 Å². The summed E-state index contributed by atoms with van der Waals surface area (Å²) in [5.41, 5.74) is 6.22. The number of amides is 1. The van der Waals surface area contributed by atoms with Crippen LogP contribution in [0.25, 0.3) is 17.0 Å². The topological polar surface area (TPSA) is 57.5 Å². The molecule has 0 saturated carbocycles. The zero-order valence-electron chi connectivity index (χ0n) is 15.0. The van der Waals surface area contributed by atoms with Crippen molar-refractivity contribution in [3.8, 4) is 0 Å². The average molecular weight is 349 g/mol. The van der Waals surface area contributed by atoms with Gasteiger partial charge in [-0.25, -0.2) is 5.48 Å². The molecule has 0 unspecified atom stereocenters. The minimum atomic E-state index is -0.540. The molecule has 0 aliphatic heterocycles. The Morgan fingerprint density at radius 2 is 1.88 bits per heavy atom. The second-order valence-corrected chi connectivity index (χ2v) is 6.59. The van der Waals surface area contributed by atoms with E-state index >= 15 is 0 Å². The first-order valence-corrected chi connectivity index (χ1v) is 8.49.